The van der Waals surface area contributed by atoms with Crippen LogP contribution >= 0.6 is 0 Å². The number of hydrogen-bond donors (Lipinski definition) is 1. The maximum atomic E-state index is 12.5. The Morgan fingerprint density at radius 3 is 2.54 bits per heavy atom. The number of nitrogens with zero attached hydrogens (tertiary/aromatic N) is 1. The fraction of sp³-hybridized carbons (Fsp3) is 0.278. The molecule has 0 aliphatic heterocycles. The number of nitrogens with one attached hydrogen (secondary N) is 1. The Morgan fingerprint density at radius 2 is 1.92 bits per heavy atom. The highest BCUT2D eigenvalue weighted by Gasteiger charge is 2.24. The lowest BCUT2D eigenvalue weighted by Crippen LogP contribution is -2.24. The highest BCUT2D eigenvalue weighted by molar-refractivity contribution is 5.99. The van der Waals surface area contributed by atoms with Crippen molar-refractivity contribution in [2.45, 2.75) is 13.5 Å². The lowest BCUT2D eigenvalue weighted by molar-refractivity contribution is -0.385. The highest BCUT2D eigenvalue weighted by Crippen LogP contribution is 2.34. The van der Waals surface area contributed by atoms with E-state index in [1.165, 1.54) is 19.2 Å². The third-order valence-corrected chi connectivity index (χ3v) is 3.61. The van der Waals surface area contributed by atoms with E-state index in [0.717, 1.165) is 5.56 Å². The number of benzene rings is 2. The average Bonchev–Trinajstić information content (AvgIpc) is 2.66. The molecule has 0 radical (unpaired) electrons. The van der Waals surface area contributed by atoms with Crippen molar-refractivity contribution < 1.29 is 23.9 Å². The van der Waals surface area contributed by atoms with E-state index >= 15 is 0 Å². The van der Waals surface area contributed by atoms with Gasteiger partial charge in [-0.1, -0.05) is 12.1 Å². The van der Waals surface area contributed by atoms with Crippen molar-refractivity contribution >= 4 is 11.6 Å². The van der Waals surface area contributed by atoms with Gasteiger partial charge in [-0.25, -0.2) is 0 Å². The number of amides is 1. The summed E-state index contributed by atoms with van der Waals surface area (Å²) in [6, 6.07) is 9.68. The molecular formula is C18H20N2O6. The first-order chi connectivity index (χ1) is 12.5. The fourth-order valence-electron chi connectivity index (χ4n) is 2.37. The molecule has 8 heteroatoms. The second-order valence-electron chi connectivity index (χ2n) is 5.24. The van der Waals surface area contributed by atoms with Gasteiger partial charge in [-0.2, -0.15) is 0 Å². The molecule has 0 heterocycles. The van der Waals surface area contributed by atoms with Crippen LogP contribution in [0.2, 0.25) is 0 Å². The van der Waals surface area contributed by atoms with Crippen LogP contribution in [0.1, 0.15) is 22.8 Å². The van der Waals surface area contributed by atoms with Gasteiger partial charge in [0, 0.05) is 12.6 Å². The lowest BCUT2D eigenvalue weighted by Gasteiger charge is -2.12. The zero-order valence-electron chi connectivity index (χ0n) is 14.8. The lowest BCUT2D eigenvalue weighted by atomic mass is 10.1. The van der Waals surface area contributed by atoms with Gasteiger partial charge < -0.3 is 19.5 Å². The van der Waals surface area contributed by atoms with Crippen LogP contribution in [0.3, 0.4) is 0 Å². The van der Waals surface area contributed by atoms with Gasteiger partial charge in [0.25, 0.3) is 11.6 Å². The third kappa shape index (κ3) is 4.41. The van der Waals surface area contributed by atoms with E-state index in [1.54, 1.807) is 32.2 Å². The average molecular weight is 360 g/mol. The standard InChI is InChI=1S/C18H20N2O6/c1-4-26-17-9-14(15(20(22)23)10-16(17)25-3)18(21)19-11-12-6-5-7-13(8-12)24-2/h5-10H,4,11H2,1-3H3,(H,19,21). The molecule has 2 aromatic rings. The van der Waals surface area contributed by atoms with E-state index in [2.05, 4.69) is 5.32 Å². The van der Waals surface area contributed by atoms with Crippen LogP contribution in [-0.4, -0.2) is 31.7 Å². The van der Waals surface area contributed by atoms with E-state index in [4.69, 9.17) is 14.2 Å². The second-order valence-corrected chi connectivity index (χ2v) is 5.24. The Balaban J connectivity index is 2.28. The Labute approximate surface area is 150 Å². The zero-order valence-corrected chi connectivity index (χ0v) is 14.8. The third-order valence-electron chi connectivity index (χ3n) is 3.61. The molecule has 2 rings (SSSR count). The summed E-state index contributed by atoms with van der Waals surface area (Å²) in [7, 11) is 2.93. The van der Waals surface area contributed by atoms with Gasteiger partial charge in [0.1, 0.15) is 11.3 Å². The molecule has 0 aliphatic rings. The van der Waals surface area contributed by atoms with Crippen molar-refractivity contribution in [3.05, 3.63) is 57.6 Å². The molecule has 0 aliphatic carbocycles. The summed E-state index contributed by atoms with van der Waals surface area (Å²) < 4.78 is 15.6. The summed E-state index contributed by atoms with van der Waals surface area (Å²) >= 11 is 0. The number of ether oxygens (including phenoxy) is 3. The van der Waals surface area contributed by atoms with E-state index in [-0.39, 0.29) is 29.3 Å². The van der Waals surface area contributed by atoms with Crippen molar-refractivity contribution in [3.8, 4) is 17.2 Å². The minimum atomic E-state index is -0.626. The molecule has 0 fully saturated rings. The smallest absolute Gasteiger partial charge is 0.286 e. The molecule has 8 nitrogen and oxygen atoms in total. The minimum Gasteiger partial charge on any atom is -0.497 e. The summed E-state index contributed by atoms with van der Waals surface area (Å²) in [6.45, 7) is 2.30. The number of rotatable bonds is 8. The minimum absolute atomic E-state index is 0.0952. The van der Waals surface area contributed by atoms with Gasteiger partial charge in [0.05, 0.1) is 31.8 Å². The topological polar surface area (TPSA) is 99.9 Å². The number of carbonyl (C=O) groups is 1. The molecule has 138 valence electrons. The molecule has 0 aromatic heterocycles. The first kappa shape index (κ1) is 19.0. The summed E-state index contributed by atoms with van der Waals surface area (Å²) in [6.07, 6.45) is 0. The summed E-state index contributed by atoms with van der Waals surface area (Å²) in [5.41, 5.74) is 0.356. The number of nitro benzene ring substituents is 1. The van der Waals surface area contributed by atoms with Gasteiger partial charge >= 0.3 is 0 Å². The van der Waals surface area contributed by atoms with Gasteiger partial charge in [-0.05, 0) is 24.6 Å². The van der Waals surface area contributed by atoms with Crippen molar-refractivity contribution in [1.29, 1.82) is 0 Å². The molecule has 0 unspecified atom stereocenters. The first-order valence-electron chi connectivity index (χ1n) is 7.90. The Morgan fingerprint density at radius 1 is 1.15 bits per heavy atom. The predicted octanol–water partition coefficient (Wildman–Crippen LogP) is 2.94. The first-order valence-corrected chi connectivity index (χ1v) is 7.90. The van der Waals surface area contributed by atoms with E-state index in [9.17, 15) is 14.9 Å². The Bertz CT molecular complexity index is 806. The summed E-state index contributed by atoms with van der Waals surface area (Å²) in [5, 5.41) is 14.0. The van der Waals surface area contributed by atoms with Crippen molar-refractivity contribution in [2.75, 3.05) is 20.8 Å². The van der Waals surface area contributed by atoms with Gasteiger partial charge in [-0.3, -0.25) is 14.9 Å². The Kier molecular flexibility index (Phi) is 6.37. The predicted molar refractivity (Wildman–Crippen MR) is 95.0 cm³/mol. The zero-order chi connectivity index (χ0) is 19.1. The van der Waals surface area contributed by atoms with Crippen LogP contribution in [0.5, 0.6) is 17.2 Å². The SMILES string of the molecule is CCOc1cc(C(=O)NCc2cccc(OC)c2)c([N+](=O)[O-])cc1OC. The van der Waals surface area contributed by atoms with Gasteiger partial charge in [0.2, 0.25) is 0 Å². The maximum absolute atomic E-state index is 12.5. The number of methoxy groups -OCH3 is 2. The fourth-order valence-corrected chi connectivity index (χ4v) is 2.37. The van der Waals surface area contributed by atoms with Crippen LogP contribution in [-0.2, 0) is 6.54 Å². The number of nitro groups is 1. The molecule has 26 heavy (non-hydrogen) atoms. The van der Waals surface area contributed by atoms with E-state index < -0.39 is 10.8 Å². The number of carbonyl (C=O) groups excluding carboxylic acids is 1. The molecular weight excluding hydrogens is 340 g/mol. The van der Waals surface area contributed by atoms with Crippen LogP contribution in [0, 0.1) is 10.1 Å². The van der Waals surface area contributed by atoms with Gasteiger partial charge in [-0.15, -0.1) is 0 Å². The van der Waals surface area contributed by atoms with Crippen LogP contribution in [0.4, 0.5) is 5.69 Å². The molecule has 0 spiro atoms. The van der Waals surface area contributed by atoms with E-state index in [1.807, 2.05) is 6.07 Å². The maximum Gasteiger partial charge on any atom is 0.286 e. The van der Waals surface area contributed by atoms with Crippen molar-refractivity contribution in [3.63, 3.8) is 0 Å². The molecule has 2 aromatic carbocycles. The van der Waals surface area contributed by atoms with E-state index in [0.29, 0.717) is 12.4 Å². The second kappa shape index (κ2) is 8.70. The molecule has 1 N–H and O–H groups in total. The number of hydrogen-bond acceptors (Lipinski definition) is 6. The summed E-state index contributed by atoms with van der Waals surface area (Å²) in [5.74, 6) is 0.545. The quantitative estimate of drug-likeness (QED) is 0.574. The van der Waals surface area contributed by atoms with Crippen molar-refractivity contribution in [1.82, 2.24) is 5.32 Å². The molecule has 0 bridgehead atoms. The Hall–Kier alpha value is -3.29. The summed E-state index contributed by atoms with van der Waals surface area (Å²) in [4.78, 5) is 23.2. The van der Waals surface area contributed by atoms with Gasteiger partial charge in [0.15, 0.2) is 11.5 Å². The molecule has 1 amide bonds. The highest BCUT2D eigenvalue weighted by atomic mass is 16.6. The largest absolute Gasteiger partial charge is 0.497 e. The van der Waals surface area contributed by atoms with Crippen LogP contribution < -0.4 is 19.5 Å². The molecule has 0 saturated carbocycles. The molecule has 0 atom stereocenters. The monoisotopic (exact) mass is 360 g/mol. The normalized spacial score (nSPS) is 10.1. The molecule has 0 saturated heterocycles. The van der Waals surface area contributed by atoms with Crippen LogP contribution in [0.25, 0.3) is 0 Å². The van der Waals surface area contributed by atoms with Crippen molar-refractivity contribution in [2.24, 2.45) is 0 Å². The van der Waals surface area contributed by atoms with Crippen LogP contribution in [0.15, 0.2) is 36.4 Å².